The van der Waals surface area contributed by atoms with Crippen LogP contribution in [-0.4, -0.2) is 11.8 Å². The molecule has 0 saturated carbocycles. The highest BCUT2D eigenvalue weighted by molar-refractivity contribution is 5.81. The van der Waals surface area contributed by atoms with E-state index in [-0.39, 0.29) is 12.4 Å². The predicted molar refractivity (Wildman–Crippen MR) is 84.5 cm³/mol. The fraction of sp³-hybridized carbons (Fsp3) is 0.118. The third-order valence-electron chi connectivity index (χ3n) is 3.67. The number of anilines is 1. The molecule has 0 bridgehead atoms. The van der Waals surface area contributed by atoms with Crippen LogP contribution >= 0.6 is 0 Å². The van der Waals surface area contributed by atoms with Gasteiger partial charge in [0.1, 0.15) is 5.69 Å². The first-order valence-electron chi connectivity index (χ1n) is 7.04. The Hall–Kier alpha value is -2.95. The predicted octanol–water partition coefficient (Wildman–Crippen LogP) is 2.87. The van der Waals surface area contributed by atoms with Crippen molar-refractivity contribution in [1.82, 2.24) is 4.98 Å². The Morgan fingerprint density at radius 3 is 2.86 bits per heavy atom. The summed E-state index contributed by atoms with van der Waals surface area (Å²) < 4.78 is 10.6. The van der Waals surface area contributed by atoms with Crippen molar-refractivity contribution in [1.29, 1.82) is 0 Å². The topological polar surface area (TPSA) is 63.4 Å². The Morgan fingerprint density at radius 2 is 1.91 bits per heavy atom. The Morgan fingerprint density at radius 1 is 1.05 bits per heavy atom. The van der Waals surface area contributed by atoms with Gasteiger partial charge in [0.25, 0.3) is 5.56 Å². The minimum Gasteiger partial charge on any atom is -0.454 e. The lowest BCUT2D eigenvalue weighted by Crippen LogP contribution is -2.13. The molecular formula is C17H14N2O3. The highest BCUT2D eigenvalue weighted by Crippen LogP contribution is 2.32. The second-order valence-corrected chi connectivity index (χ2v) is 5.14. The normalized spacial score (nSPS) is 12.5. The highest BCUT2D eigenvalue weighted by Gasteiger charge is 2.13. The molecule has 0 atom stereocenters. The van der Waals surface area contributed by atoms with Crippen molar-refractivity contribution >= 4 is 16.6 Å². The molecule has 0 aliphatic carbocycles. The molecule has 2 N–H and O–H groups in total. The number of hydrogen-bond acceptors (Lipinski definition) is 4. The SMILES string of the molecule is O=c1[nH]c2ccccc2cc1NCc1ccc2c(c1)OCO2. The molecular weight excluding hydrogens is 280 g/mol. The summed E-state index contributed by atoms with van der Waals surface area (Å²) in [7, 11) is 0. The van der Waals surface area contributed by atoms with E-state index >= 15 is 0 Å². The van der Waals surface area contributed by atoms with Crippen LogP contribution in [0.1, 0.15) is 5.56 Å². The molecule has 0 radical (unpaired) electrons. The van der Waals surface area contributed by atoms with Crippen molar-refractivity contribution in [3.05, 3.63) is 64.4 Å². The molecule has 4 rings (SSSR count). The van der Waals surface area contributed by atoms with E-state index in [1.807, 2.05) is 48.5 Å². The number of benzene rings is 2. The highest BCUT2D eigenvalue weighted by atomic mass is 16.7. The smallest absolute Gasteiger partial charge is 0.271 e. The van der Waals surface area contributed by atoms with Crippen LogP contribution in [0.3, 0.4) is 0 Å². The third kappa shape index (κ3) is 2.26. The first-order valence-corrected chi connectivity index (χ1v) is 7.04. The zero-order valence-electron chi connectivity index (χ0n) is 11.8. The average Bonchev–Trinajstić information content (AvgIpc) is 3.00. The number of para-hydroxylation sites is 1. The van der Waals surface area contributed by atoms with Crippen molar-refractivity contribution in [2.24, 2.45) is 0 Å². The van der Waals surface area contributed by atoms with Gasteiger partial charge in [-0.05, 0) is 29.8 Å². The fourth-order valence-corrected chi connectivity index (χ4v) is 2.53. The zero-order chi connectivity index (χ0) is 14.9. The van der Waals surface area contributed by atoms with Crippen LogP contribution in [0.4, 0.5) is 5.69 Å². The lowest BCUT2D eigenvalue weighted by molar-refractivity contribution is 0.174. The van der Waals surface area contributed by atoms with Crippen LogP contribution in [0.25, 0.3) is 10.9 Å². The lowest BCUT2D eigenvalue weighted by atomic mass is 10.2. The minimum atomic E-state index is -0.126. The maximum absolute atomic E-state index is 12.1. The van der Waals surface area contributed by atoms with Crippen molar-refractivity contribution in [3.63, 3.8) is 0 Å². The molecule has 2 heterocycles. The van der Waals surface area contributed by atoms with Crippen molar-refractivity contribution < 1.29 is 9.47 Å². The monoisotopic (exact) mass is 294 g/mol. The van der Waals surface area contributed by atoms with E-state index in [0.717, 1.165) is 28.0 Å². The molecule has 0 amide bonds. The molecule has 0 fully saturated rings. The molecule has 5 heteroatoms. The van der Waals surface area contributed by atoms with Gasteiger partial charge in [-0.25, -0.2) is 0 Å². The zero-order valence-corrected chi connectivity index (χ0v) is 11.8. The standard InChI is InChI=1S/C17H14N2O3/c20-17-14(8-12-3-1-2-4-13(12)19-17)18-9-11-5-6-15-16(7-11)22-10-21-15/h1-8,18H,9-10H2,(H,19,20). The second-order valence-electron chi connectivity index (χ2n) is 5.14. The van der Waals surface area contributed by atoms with Crippen molar-refractivity contribution in [3.8, 4) is 11.5 Å². The van der Waals surface area contributed by atoms with E-state index < -0.39 is 0 Å². The molecule has 1 aliphatic rings. The summed E-state index contributed by atoms with van der Waals surface area (Å²) in [4.78, 5) is 15.0. The van der Waals surface area contributed by atoms with Crippen molar-refractivity contribution in [2.75, 3.05) is 12.1 Å². The van der Waals surface area contributed by atoms with E-state index in [1.54, 1.807) is 0 Å². The molecule has 0 spiro atoms. The van der Waals surface area contributed by atoms with Crippen LogP contribution in [0.5, 0.6) is 11.5 Å². The van der Waals surface area contributed by atoms with Gasteiger partial charge < -0.3 is 19.8 Å². The fourth-order valence-electron chi connectivity index (χ4n) is 2.53. The number of fused-ring (bicyclic) bond motifs is 2. The van der Waals surface area contributed by atoms with Gasteiger partial charge in [-0.3, -0.25) is 4.79 Å². The molecule has 0 unspecified atom stereocenters. The van der Waals surface area contributed by atoms with E-state index in [9.17, 15) is 4.79 Å². The largest absolute Gasteiger partial charge is 0.454 e. The van der Waals surface area contributed by atoms with Crippen LogP contribution in [-0.2, 0) is 6.54 Å². The van der Waals surface area contributed by atoms with Gasteiger partial charge in [-0.1, -0.05) is 24.3 Å². The van der Waals surface area contributed by atoms with E-state index in [1.165, 1.54) is 0 Å². The maximum Gasteiger partial charge on any atom is 0.271 e. The Bertz CT molecular complexity index is 902. The summed E-state index contributed by atoms with van der Waals surface area (Å²) in [5.74, 6) is 1.50. The second kappa shape index (κ2) is 5.11. The number of H-pyrrole nitrogens is 1. The van der Waals surface area contributed by atoms with Crippen LogP contribution in [0.15, 0.2) is 53.3 Å². The number of aromatic amines is 1. The molecule has 1 aliphatic heterocycles. The Balaban J connectivity index is 1.59. The summed E-state index contributed by atoms with van der Waals surface area (Å²) in [6.07, 6.45) is 0. The Kier molecular flexibility index (Phi) is 2.96. The first-order chi connectivity index (χ1) is 10.8. The van der Waals surface area contributed by atoms with E-state index in [4.69, 9.17) is 9.47 Å². The minimum absolute atomic E-state index is 0.126. The molecule has 0 saturated heterocycles. The number of nitrogens with one attached hydrogen (secondary N) is 2. The third-order valence-corrected chi connectivity index (χ3v) is 3.67. The molecule has 1 aromatic heterocycles. The molecule has 2 aromatic carbocycles. The van der Waals surface area contributed by atoms with Gasteiger partial charge in [0.2, 0.25) is 6.79 Å². The molecule has 3 aromatic rings. The first kappa shape index (κ1) is 12.8. The number of pyridine rings is 1. The van der Waals surface area contributed by atoms with Crippen LogP contribution in [0, 0.1) is 0 Å². The van der Waals surface area contributed by atoms with Gasteiger partial charge in [-0.2, -0.15) is 0 Å². The average molecular weight is 294 g/mol. The lowest BCUT2D eigenvalue weighted by Gasteiger charge is -2.08. The summed E-state index contributed by atoms with van der Waals surface area (Å²) in [6.45, 7) is 0.800. The molecule has 22 heavy (non-hydrogen) atoms. The van der Waals surface area contributed by atoms with E-state index in [0.29, 0.717) is 12.2 Å². The van der Waals surface area contributed by atoms with Crippen LogP contribution < -0.4 is 20.3 Å². The van der Waals surface area contributed by atoms with Crippen molar-refractivity contribution in [2.45, 2.75) is 6.54 Å². The van der Waals surface area contributed by atoms with Gasteiger partial charge in [0.15, 0.2) is 11.5 Å². The van der Waals surface area contributed by atoms with Gasteiger partial charge >= 0.3 is 0 Å². The summed E-state index contributed by atoms with van der Waals surface area (Å²) >= 11 is 0. The molecule has 110 valence electrons. The summed E-state index contributed by atoms with van der Waals surface area (Å²) in [5.41, 5.74) is 2.29. The quantitative estimate of drug-likeness (QED) is 0.779. The van der Waals surface area contributed by atoms with E-state index in [2.05, 4.69) is 10.3 Å². The molecule has 5 nitrogen and oxygen atoms in total. The number of rotatable bonds is 3. The summed E-state index contributed by atoms with van der Waals surface area (Å²) in [5, 5.41) is 4.17. The number of aromatic nitrogens is 1. The van der Waals surface area contributed by atoms with Crippen LogP contribution in [0.2, 0.25) is 0 Å². The van der Waals surface area contributed by atoms with Gasteiger partial charge in [-0.15, -0.1) is 0 Å². The summed E-state index contributed by atoms with van der Waals surface area (Å²) in [6, 6.07) is 15.3. The number of ether oxygens (including phenoxy) is 2. The van der Waals surface area contributed by atoms with Gasteiger partial charge in [0.05, 0.1) is 0 Å². The number of hydrogen-bond donors (Lipinski definition) is 2. The van der Waals surface area contributed by atoms with Gasteiger partial charge in [0, 0.05) is 17.4 Å². The Labute approximate surface area is 126 Å². The maximum atomic E-state index is 12.1.